The van der Waals surface area contributed by atoms with Gasteiger partial charge in [-0.05, 0) is 62.8 Å². The summed E-state index contributed by atoms with van der Waals surface area (Å²) in [4.78, 5) is 22.4. The van der Waals surface area contributed by atoms with Gasteiger partial charge in [0, 0.05) is 17.5 Å². The highest BCUT2D eigenvalue weighted by atomic mass is 35.5. The molecule has 1 aromatic carbocycles. The molecule has 0 bridgehead atoms. The third kappa shape index (κ3) is 5.54. The normalized spacial score (nSPS) is 10.6. The van der Waals surface area contributed by atoms with Crippen molar-refractivity contribution in [3.05, 3.63) is 52.0 Å². The lowest BCUT2D eigenvalue weighted by Gasteiger charge is -2.20. The topological polar surface area (TPSA) is 45.7 Å². The van der Waals surface area contributed by atoms with E-state index in [9.17, 15) is 4.79 Å². The number of benzene rings is 1. The fraction of sp³-hybridized carbons (Fsp3) is 0.300. The number of aromatic nitrogens is 1. The second-order valence-electron chi connectivity index (χ2n) is 6.33. The first-order valence-electron chi connectivity index (χ1n) is 8.68. The number of carbonyl (C=O) groups excluding carboxylic acids is 1. The van der Waals surface area contributed by atoms with E-state index in [2.05, 4.69) is 4.90 Å². The summed E-state index contributed by atoms with van der Waals surface area (Å²) in [6.45, 7) is 1.56. The maximum atomic E-state index is 13.0. The molecule has 0 atom stereocenters. The Morgan fingerprint density at radius 1 is 1.11 bits per heavy atom. The Morgan fingerprint density at radius 3 is 2.46 bits per heavy atom. The highest BCUT2D eigenvalue weighted by Gasteiger charge is 2.21. The molecule has 0 aliphatic heterocycles. The highest BCUT2D eigenvalue weighted by molar-refractivity contribution is 7.14. The molecule has 2 aromatic heterocycles. The minimum atomic E-state index is 0. The second kappa shape index (κ2) is 10.6. The van der Waals surface area contributed by atoms with Crippen molar-refractivity contribution in [2.24, 2.45) is 0 Å². The summed E-state index contributed by atoms with van der Waals surface area (Å²) in [7, 11) is 5.73. The lowest BCUT2D eigenvalue weighted by Crippen LogP contribution is -3.00. The standard InChI is InChI=1S/C20H23N3O2S2.ClH/c1-22(2)11-5-12-23(19(24)18-6-4-13-26-18)20-21-17(14-27-20)15-7-9-16(25-3)10-8-15;/h4,6-10,13-14H,5,11-12H2,1-3H3;1H/p-1. The zero-order valence-electron chi connectivity index (χ0n) is 16.1. The Labute approximate surface area is 180 Å². The fourth-order valence-electron chi connectivity index (χ4n) is 2.64. The third-order valence-corrected chi connectivity index (χ3v) is 5.79. The Kier molecular flexibility index (Phi) is 8.44. The molecule has 0 aliphatic rings. The summed E-state index contributed by atoms with van der Waals surface area (Å²) >= 11 is 2.96. The van der Waals surface area contributed by atoms with Crippen LogP contribution in [0.15, 0.2) is 47.2 Å². The molecule has 3 aromatic rings. The average Bonchev–Trinajstić information content (AvgIpc) is 3.36. The minimum Gasteiger partial charge on any atom is -1.00 e. The van der Waals surface area contributed by atoms with Crippen molar-refractivity contribution in [2.75, 3.05) is 39.2 Å². The highest BCUT2D eigenvalue weighted by Crippen LogP contribution is 2.30. The Hall–Kier alpha value is -1.93. The zero-order chi connectivity index (χ0) is 19.2. The molecule has 0 saturated heterocycles. The number of thiophene rings is 1. The van der Waals surface area contributed by atoms with Crippen LogP contribution in [0.5, 0.6) is 5.75 Å². The van der Waals surface area contributed by atoms with Gasteiger partial charge in [-0.1, -0.05) is 6.07 Å². The molecule has 0 radical (unpaired) electrons. The average molecular weight is 437 g/mol. The van der Waals surface area contributed by atoms with Crippen molar-refractivity contribution in [1.29, 1.82) is 0 Å². The molecule has 0 saturated carbocycles. The van der Waals surface area contributed by atoms with Gasteiger partial charge in [0.2, 0.25) is 0 Å². The van der Waals surface area contributed by atoms with E-state index in [1.54, 1.807) is 12.0 Å². The van der Waals surface area contributed by atoms with Gasteiger partial charge in [0.15, 0.2) is 5.13 Å². The first kappa shape index (κ1) is 22.4. The van der Waals surface area contributed by atoms with Gasteiger partial charge in [0.05, 0.1) is 17.7 Å². The fourth-order valence-corrected chi connectivity index (χ4v) is 4.18. The van der Waals surface area contributed by atoms with Gasteiger partial charge in [-0.25, -0.2) is 4.98 Å². The monoisotopic (exact) mass is 436 g/mol. The van der Waals surface area contributed by atoms with Crippen LogP contribution in [0.2, 0.25) is 0 Å². The first-order chi connectivity index (χ1) is 13.1. The molecule has 0 N–H and O–H groups in total. The van der Waals surface area contributed by atoms with Gasteiger partial charge >= 0.3 is 0 Å². The number of anilines is 1. The molecule has 8 heteroatoms. The number of hydrogen-bond acceptors (Lipinski definition) is 6. The molecule has 0 unspecified atom stereocenters. The van der Waals surface area contributed by atoms with Crippen LogP contribution in [-0.2, 0) is 0 Å². The second-order valence-corrected chi connectivity index (χ2v) is 8.12. The number of carbonyl (C=O) groups is 1. The summed E-state index contributed by atoms with van der Waals surface area (Å²) in [6, 6.07) is 11.6. The SMILES string of the molecule is COc1ccc(-c2csc(N(CCCN(C)C)C(=O)c3cccs3)n2)cc1.[Cl-]. The lowest BCUT2D eigenvalue weighted by atomic mass is 10.2. The molecule has 28 heavy (non-hydrogen) atoms. The number of rotatable bonds is 8. The molecule has 150 valence electrons. The smallest absolute Gasteiger partial charge is 0.270 e. The van der Waals surface area contributed by atoms with Crippen LogP contribution in [0, 0.1) is 0 Å². The van der Waals surface area contributed by atoms with Crippen LogP contribution in [0.3, 0.4) is 0 Å². The van der Waals surface area contributed by atoms with Gasteiger partial charge in [-0.2, -0.15) is 0 Å². The molecule has 0 spiro atoms. The molecular weight excluding hydrogens is 414 g/mol. The van der Waals surface area contributed by atoms with Gasteiger partial charge < -0.3 is 22.0 Å². The summed E-state index contributed by atoms with van der Waals surface area (Å²) in [5, 5.41) is 4.66. The van der Waals surface area contributed by atoms with E-state index in [-0.39, 0.29) is 18.3 Å². The van der Waals surface area contributed by atoms with Crippen molar-refractivity contribution in [3.8, 4) is 17.0 Å². The van der Waals surface area contributed by atoms with Gasteiger partial charge in [-0.15, -0.1) is 22.7 Å². The first-order valence-corrected chi connectivity index (χ1v) is 10.4. The van der Waals surface area contributed by atoms with Crippen molar-refractivity contribution < 1.29 is 21.9 Å². The third-order valence-electron chi connectivity index (χ3n) is 4.07. The number of hydrogen-bond donors (Lipinski definition) is 0. The number of nitrogens with zero attached hydrogens (tertiary/aromatic N) is 3. The van der Waals surface area contributed by atoms with E-state index < -0.39 is 0 Å². The predicted molar refractivity (Wildman–Crippen MR) is 113 cm³/mol. The van der Waals surface area contributed by atoms with Crippen LogP contribution in [-0.4, -0.2) is 50.1 Å². The van der Waals surface area contributed by atoms with Crippen molar-refractivity contribution in [2.45, 2.75) is 6.42 Å². The van der Waals surface area contributed by atoms with Crippen molar-refractivity contribution in [3.63, 3.8) is 0 Å². The summed E-state index contributed by atoms with van der Waals surface area (Å²) in [5.74, 6) is 0.826. The lowest BCUT2D eigenvalue weighted by molar-refractivity contribution is -0.0000135. The van der Waals surface area contributed by atoms with Gasteiger partial charge in [0.25, 0.3) is 5.91 Å². The molecular formula is C20H23ClN3O2S2-. The molecule has 2 heterocycles. The van der Waals surface area contributed by atoms with E-state index in [4.69, 9.17) is 9.72 Å². The minimum absolute atomic E-state index is 0. The maximum Gasteiger partial charge on any atom is 0.270 e. The van der Waals surface area contributed by atoms with Crippen molar-refractivity contribution in [1.82, 2.24) is 9.88 Å². The number of ether oxygens (including phenoxy) is 1. The Bertz CT molecular complexity index is 864. The summed E-state index contributed by atoms with van der Waals surface area (Å²) < 4.78 is 5.21. The number of thiazole rings is 1. The van der Waals surface area contributed by atoms with Crippen LogP contribution in [0.1, 0.15) is 16.1 Å². The van der Waals surface area contributed by atoms with E-state index >= 15 is 0 Å². The molecule has 3 rings (SSSR count). The molecule has 5 nitrogen and oxygen atoms in total. The Morgan fingerprint density at radius 2 is 1.86 bits per heavy atom. The predicted octanol–water partition coefficient (Wildman–Crippen LogP) is 1.48. The van der Waals surface area contributed by atoms with Crippen LogP contribution >= 0.6 is 22.7 Å². The van der Waals surface area contributed by atoms with Crippen LogP contribution in [0.25, 0.3) is 11.3 Å². The van der Waals surface area contributed by atoms with E-state index in [1.807, 2.05) is 61.3 Å². The van der Waals surface area contributed by atoms with E-state index in [1.165, 1.54) is 22.7 Å². The largest absolute Gasteiger partial charge is 1.00 e. The quantitative estimate of drug-likeness (QED) is 0.536. The van der Waals surface area contributed by atoms with Crippen molar-refractivity contribution >= 4 is 33.7 Å². The number of methoxy groups -OCH3 is 1. The van der Waals surface area contributed by atoms with E-state index in [0.717, 1.165) is 40.0 Å². The van der Waals surface area contributed by atoms with Crippen LogP contribution in [0.4, 0.5) is 5.13 Å². The molecule has 1 amide bonds. The summed E-state index contributed by atoms with van der Waals surface area (Å²) in [6.07, 6.45) is 0.890. The van der Waals surface area contributed by atoms with E-state index in [0.29, 0.717) is 6.54 Å². The Balaban J connectivity index is 0.00000280. The summed E-state index contributed by atoms with van der Waals surface area (Å²) in [5.41, 5.74) is 1.88. The molecule has 0 aliphatic carbocycles. The molecule has 0 fully saturated rings. The number of amides is 1. The van der Waals surface area contributed by atoms with Gasteiger partial charge in [-0.3, -0.25) is 9.69 Å². The zero-order valence-corrected chi connectivity index (χ0v) is 18.5. The maximum absolute atomic E-state index is 13.0. The van der Waals surface area contributed by atoms with Gasteiger partial charge in [0.1, 0.15) is 5.75 Å². The number of halogens is 1. The van der Waals surface area contributed by atoms with Crippen LogP contribution < -0.4 is 22.0 Å².